The maximum atomic E-state index is 12.0. The molecule has 5 fully saturated rings. The quantitative estimate of drug-likeness (QED) is 0.0404. The third kappa shape index (κ3) is 60.2. The highest BCUT2D eigenvalue weighted by atomic mass is 35.5. The molecule has 5 aliphatic rings. The van der Waals surface area contributed by atoms with E-state index < -0.39 is 5.60 Å². The average Bonchev–Trinajstić information content (AvgIpc) is 0.925. The molecular weight excluding hydrogens is 1490 g/mol. The molecule has 678 valence electrons. The Hall–Kier alpha value is -7.28. The fourth-order valence-electron chi connectivity index (χ4n) is 13.0. The van der Waals surface area contributed by atoms with E-state index in [1.54, 1.807) is 4.90 Å². The van der Waals surface area contributed by atoms with Gasteiger partial charge in [0.05, 0.1) is 18.3 Å². The third-order valence-electron chi connectivity index (χ3n) is 18.8. The zero-order valence-electron chi connectivity index (χ0n) is 76.9. The van der Waals surface area contributed by atoms with Gasteiger partial charge in [-0.05, 0) is 283 Å². The molecule has 2 unspecified atom stereocenters. The normalized spacial score (nSPS) is 17.0. The minimum Gasteiger partial charge on any atom is -0.444 e. The largest absolute Gasteiger partial charge is 0.444 e. The first-order valence-electron chi connectivity index (χ1n) is 43.5. The third-order valence-corrected chi connectivity index (χ3v) is 19.1. The number of piperidine rings is 3. The molecule has 5 amide bonds. The molecule has 3 aromatic rings. The van der Waals surface area contributed by atoms with E-state index >= 15 is 0 Å². The van der Waals surface area contributed by atoms with E-state index in [-0.39, 0.29) is 93.9 Å². The zero-order chi connectivity index (χ0) is 87.5. The average molecular weight is 1670 g/mol. The van der Waals surface area contributed by atoms with Crippen molar-refractivity contribution in [2.24, 2.45) is 41.4 Å². The summed E-state index contributed by atoms with van der Waals surface area (Å²) in [7, 11) is 2.19. The lowest BCUT2D eigenvalue weighted by Crippen LogP contribution is -2.48. The van der Waals surface area contributed by atoms with Crippen molar-refractivity contribution < 1.29 is 28.7 Å². The first kappa shape index (κ1) is 117. The van der Waals surface area contributed by atoms with Crippen LogP contribution in [0.5, 0.6) is 0 Å². The van der Waals surface area contributed by atoms with Gasteiger partial charge in [-0.3, -0.25) is 19.2 Å². The monoisotopic (exact) mass is 1670 g/mol. The number of rotatable bonds is 24. The smallest absolute Gasteiger partial charge is 0.410 e. The van der Waals surface area contributed by atoms with Crippen molar-refractivity contribution in [1.29, 1.82) is 0 Å². The van der Waals surface area contributed by atoms with Gasteiger partial charge in [0, 0.05) is 119 Å². The van der Waals surface area contributed by atoms with E-state index in [4.69, 9.17) is 16.3 Å². The number of carbonyl (C=O) groups is 5. The van der Waals surface area contributed by atoms with Crippen LogP contribution in [0, 0.1) is 41.4 Å². The molecule has 118 heavy (non-hydrogen) atoms. The number of hydrogen-bond acceptors (Lipinski definition) is 13. The van der Waals surface area contributed by atoms with Crippen molar-refractivity contribution in [2.45, 2.75) is 345 Å². The van der Waals surface area contributed by atoms with Crippen LogP contribution in [0.3, 0.4) is 0 Å². The van der Waals surface area contributed by atoms with Gasteiger partial charge in [0.25, 0.3) is 0 Å². The van der Waals surface area contributed by atoms with Crippen LogP contribution >= 0.6 is 11.6 Å². The van der Waals surface area contributed by atoms with Gasteiger partial charge in [-0.2, -0.15) is 0 Å². The van der Waals surface area contributed by atoms with Crippen molar-refractivity contribution in [3.8, 4) is 0 Å². The summed E-state index contributed by atoms with van der Waals surface area (Å²) in [6.07, 6.45) is 17.4. The van der Waals surface area contributed by atoms with Crippen molar-refractivity contribution >= 4 is 52.7 Å². The molecule has 0 bridgehead atoms. The minimum atomic E-state index is -0.496. The molecule has 3 heterocycles. The van der Waals surface area contributed by atoms with Crippen molar-refractivity contribution in [2.75, 3.05) is 46.3 Å². The SMILES string of the molecule is C.C.C.C=C(NC(C)C)C1CCC(C)CC1.C=C(NC(C)C)C1CCCC1.C=C(NC(C)C)C1CCN(C)CC1.C=C(NC(C)C)c1ccc(Cl)cc1.C=C(NC(C)C)c1ccccc1.CC(C)NC(=O)C(C)C.CC(C)NC(=O)C1CCCN(C(=O)OC(C)(C)C)C1.CC(C)NC(=O)C1CCCNC1.CC(C)NC(=O)Cc1ccccc1. The van der Waals surface area contributed by atoms with Gasteiger partial charge >= 0.3 is 6.09 Å². The van der Waals surface area contributed by atoms with E-state index in [0.717, 1.165) is 89.6 Å². The van der Waals surface area contributed by atoms with E-state index in [9.17, 15) is 24.0 Å². The fraction of sp³-hybridized carbons (Fsp3) is 0.667. The van der Waals surface area contributed by atoms with Gasteiger partial charge in [0.1, 0.15) is 5.60 Å². The summed E-state index contributed by atoms with van der Waals surface area (Å²) in [4.78, 5) is 61.6. The molecule has 8 rings (SSSR count). The van der Waals surface area contributed by atoms with E-state index in [2.05, 4.69) is 186 Å². The van der Waals surface area contributed by atoms with Gasteiger partial charge in [0.15, 0.2) is 0 Å². The highest BCUT2D eigenvalue weighted by molar-refractivity contribution is 6.30. The van der Waals surface area contributed by atoms with Gasteiger partial charge in [0.2, 0.25) is 23.6 Å². The number of ether oxygens (including phenoxy) is 1. The van der Waals surface area contributed by atoms with Crippen LogP contribution in [0.2, 0.25) is 5.02 Å². The topological polar surface area (TPSA) is 221 Å². The Morgan fingerprint density at radius 3 is 1.19 bits per heavy atom. The molecule has 0 spiro atoms. The fourth-order valence-corrected chi connectivity index (χ4v) is 13.2. The van der Waals surface area contributed by atoms with Crippen LogP contribution in [0.15, 0.2) is 135 Å². The summed E-state index contributed by atoms with van der Waals surface area (Å²) >= 11 is 5.77. The molecule has 3 aliphatic heterocycles. The van der Waals surface area contributed by atoms with Gasteiger partial charge in [-0.15, -0.1) is 0 Å². The summed E-state index contributed by atoms with van der Waals surface area (Å²) in [6, 6.07) is 30.9. The highest BCUT2D eigenvalue weighted by Gasteiger charge is 2.32. The second-order valence-electron chi connectivity index (χ2n) is 35.8. The van der Waals surface area contributed by atoms with Gasteiger partial charge < -0.3 is 67.7 Å². The van der Waals surface area contributed by atoms with Crippen LogP contribution in [0.1, 0.15) is 295 Å². The Balaban J connectivity index is -0.000000621. The maximum absolute atomic E-state index is 12.0. The number of halogens is 1. The molecule has 2 saturated carbocycles. The van der Waals surface area contributed by atoms with Gasteiger partial charge in [-0.25, -0.2) is 4.79 Å². The number of hydrogen-bond donors (Lipinski definition) is 10. The maximum Gasteiger partial charge on any atom is 0.410 e. The Morgan fingerprint density at radius 1 is 0.441 bits per heavy atom. The van der Waals surface area contributed by atoms with Crippen molar-refractivity contribution in [3.05, 3.63) is 157 Å². The Labute approximate surface area is 729 Å². The molecule has 0 aromatic heterocycles. The number of amides is 5. The Morgan fingerprint density at radius 2 is 0.814 bits per heavy atom. The lowest BCUT2D eigenvalue weighted by molar-refractivity contribution is -0.127. The Bertz CT molecular complexity index is 3130. The number of allylic oxidation sites excluding steroid dienone is 3. The highest BCUT2D eigenvalue weighted by Crippen LogP contribution is 2.32. The van der Waals surface area contributed by atoms with Crippen molar-refractivity contribution in [3.63, 3.8) is 0 Å². The van der Waals surface area contributed by atoms with Crippen LogP contribution in [0.4, 0.5) is 4.79 Å². The molecule has 2 atom stereocenters. The van der Waals surface area contributed by atoms with Crippen LogP contribution in [-0.4, -0.2) is 146 Å². The van der Waals surface area contributed by atoms with E-state index in [1.165, 1.54) is 94.4 Å². The molecule has 18 nitrogen and oxygen atoms in total. The molecule has 0 radical (unpaired) electrons. The predicted octanol–water partition coefficient (Wildman–Crippen LogP) is 21.3. The summed E-state index contributed by atoms with van der Waals surface area (Å²) in [5, 5.41) is 32.2. The molecule has 19 heteroatoms. The van der Waals surface area contributed by atoms with Crippen LogP contribution < -0.4 is 53.2 Å². The molecule has 3 aromatic carbocycles. The van der Waals surface area contributed by atoms with Gasteiger partial charge in [-0.1, -0.05) is 186 Å². The molecule has 3 saturated heterocycles. The van der Waals surface area contributed by atoms with E-state index in [0.29, 0.717) is 55.6 Å². The first-order chi connectivity index (χ1) is 53.8. The summed E-state index contributed by atoms with van der Waals surface area (Å²) in [5.41, 5.74) is 8.49. The Kier molecular flexibility index (Phi) is 65.0. The standard InChI is InChI=1S/C14H26N2O3.C12H23N.C11H14ClN.C11H22N2.C11H15NO.C11H15N.C10H19N.C9H18N2O.C7H15NO.3CH4/c1-10(2)15-12(17)11-7-6-8-16(9-11)13(18)19-14(3,4)5;1-9(2)13-11(4)12-7-5-10(3)6-8-12;1-8(2)13-9(3)10-4-6-11(12)7-5-10;1-9(2)12-10(3)11-5-7-13(4)8-6-11;1-9(2)12-11(13)8-10-6-4-3-5-7-10;1-9(2)12-10(3)11-7-5-4-6-8-11;1-8(2)11-9(3)10-6-4-5-7-10;1-7(2)11-9(12)8-4-3-5-10-6-8;1-5(2)7(9)8-6(3)4;;;/h10-11H,6-9H2,1-5H3,(H,15,17);9-10,12-13H,4-8H2,1-3H3;4-8,13H,3H2,1-2H3;9,11-12H,3,5-8H2,1-2,4H3;3-7,9H,8H2,1-2H3,(H,12,13);4-9,12H,3H2,1-2H3;8,10-11H,3-7H2,1-2H3;7-8,10H,3-6H2,1-2H3,(H,11,12);5-6H,1-4H3,(H,8,9);3*1H4. The second kappa shape index (κ2) is 65.5. The minimum absolute atomic E-state index is 0. The number of benzene rings is 3. The number of nitrogens with one attached hydrogen (secondary N) is 10. The lowest BCUT2D eigenvalue weighted by Gasteiger charge is -2.33. The molecule has 2 aliphatic carbocycles. The second-order valence-corrected chi connectivity index (χ2v) is 36.2. The number of likely N-dealkylation sites (tertiary alicyclic amines) is 2. The zero-order valence-corrected chi connectivity index (χ0v) is 77.7. The summed E-state index contributed by atoms with van der Waals surface area (Å²) < 4.78 is 5.34. The molecular formula is C99H179ClN12O6. The number of carbonyl (C=O) groups excluding carboxylic acids is 5. The van der Waals surface area contributed by atoms with Crippen LogP contribution in [0.25, 0.3) is 11.4 Å². The first-order valence-corrected chi connectivity index (χ1v) is 43.9. The van der Waals surface area contributed by atoms with Crippen molar-refractivity contribution in [1.82, 2.24) is 63.0 Å². The lowest BCUT2D eigenvalue weighted by atomic mass is 9.81. The van der Waals surface area contributed by atoms with Crippen LogP contribution in [-0.2, 0) is 30.3 Å². The molecule has 10 N–H and O–H groups in total. The predicted molar refractivity (Wildman–Crippen MR) is 512 cm³/mol. The number of nitrogens with zero attached hydrogens (tertiary/aromatic N) is 2. The summed E-state index contributed by atoms with van der Waals surface area (Å²) in [5.74, 6) is 3.75. The van der Waals surface area contributed by atoms with E-state index in [1.807, 2.05) is 163 Å². The summed E-state index contributed by atoms with van der Waals surface area (Å²) in [6.45, 7) is 74.4.